The van der Waals surface area contributed by atoms with Crippen molar-refractivity contribution in [2.75, 3.05) is 5.32 Å². The Morgan fingerprint density at radius 2 is 1.87 bits per heavy atom. The van der Waals surface area contributed by atoms with Crippen molar-refractivity contribution in [1.29, 1.82) is 0 Å². The van der Waals surface area contributed by atoms with E-state index in [4.69, 9.17) is 9.47 Å². The summed E-state index contributed by atoms with van der Waals surface area (Å²) in [5.41, 5.74) is 5.54. The van der Waals surface area contributed by atoms with Crippen molar-refractivity contribution in [3.63, 3.8) is 0 Å². The summed E-state index contributed by atoms with van der Waals surface area (Å²) in [5, 5.41) is 7.50. The van der Waals surface area contributed by atoms with E-state index in [0.717, 1.165) is 71.2 Å². The monoisotopic (exact) mass is 420 g/mol. The van der Waals surface area contributed by atoms with E-state index in [2.05, 4.69) is 15.4 Å². The normalized spacial score (nSPS) is 16.7. The molecule has 1 amide bonds. The molecule has 31 heavy (non-hydrogen) atoms. The van der Waals surface area contributed by atoms with Gasteiger partial charge in [0.1, 0.15) is 0 Å². The second-order valence-electron chi connectivity index (χ2n) is 8.70. The third-order valence-corrected chi connectivity index (χ3v) is 6.32. The molecule has 5 rings (SSSR count). The number of ether oxygens (including phenoxy) is 2. The van der Waals surface area contributed by atoms with E-state index in [1.165, 1.54) is 6.42 Å². The van der Waals surface area contributed by atoms with E-state index in [1.807, 2.05) is 49.6 Å². The Bertz CT molecular complexity index is 1160. The van der Waals surface area contributed by atoms with Gasteiger partial charge < -0.3 is 14.8 Å². The van der Waals surface area contributed by atoms with Crippen molar-refractivity contribution < 1.29 is 14.3 Å². The maximum Gasteiger partial charge on any atom is 0.251 e. The van der Waals surface area contributed by atoms with Gasteiger partial charge in [-0.15, -0.1) is 0 Å². The molecule has 1 N–H and O–H groups in total. The fraction of sp³-hybridized carbons (Fsp3) is 0.458. The quantitative estimate of drug-likeness (QED) is 0.664. The third kappa shape index (κ3) is 3.73. The minimum atomic E-state index is -0.505. The predicted octanol–water partition coefficient (Wildman–Crippen LogP) is 4.66. The number of hydrogen-bond donors (Lipinski definition) is 1. The number of nitrogens with zero attached hydrogens (tertiary/aromatic N) is 3. The fourth-order valence-electron chi connectivity index (χ4n) is 4.73. The summed E-state index contributed by atoms with van der Waals surface area (Å²) in [4.78, 5) is 17.3. The molecule has 1 aliphatic heterocycles. The molecule has 0 unspecified atom stereocenters. The Hall–Kier alpha value is -3.09. The van der Waals surface area contributed by atoms with E-state index in [-0.39, 0.29) is 5.91 Å². The van der Waals surface area contributed by atoms with Gasteiger partial charge in [-0.2, -0.15) is 5.10 Å². The second-order valence-corrected chi connectivity index (χ2v) is 8.70. The van der Waals surface area contributed by atoms with Crippen LogP contribution in [0.3, 0.4) is 0 Å². The van der Waals surface area contributed by atoms with Crippen molar-refractivity contribution in [1.82, 2.24) is 14.6 Å². The number of aromatic nitrogens is 3. The Balaban J connectivity index is 1.25. The number of carbonyl (C=O) groups is 1. The molecule has 0 radical (unpaired) electrons. The van der Waals surface area contributed by atoms with Crippen LogP contribution in [-0.2, 0) is 11.2 Å². The molecule has 3 heterocycles. The van der Waals surface area contributed by atoms with Crippen molar-refractivity contribution in [2.45, 2.75) is 71.5 Å². The Kier molecular flexibility index (Phi) is 4.84. The second kappa shape index (κ2) is 7.55. The number of anilines is 1. The third-order valence-electron chi connectivity index (χ3n) is 6.32. The lowest BCUT2D eigenvalue weighted by Crippen LogP contribution is -2.40. The van der Waals surface area contributed by atoms with E-state index in [0.29, 0.717) is 12.8 Å². The molecule has 1 aromatic carbocycles. The molecule has 0 saturated heterocycles. The molecule has 1 fully saturated rings. The van der Waals surface area contributed by atoms with Gasteiger partial charge in [0.2, 0.25) is 5.91 Å². The minimum absolute atomic E-state index is 0.0400. The number of nitrogens with one attached hydrogen (secondary N) is 1. The highest BCUT2D eigenvalue weighted by Gasteiger charge is 2.42. The highest BCUT2D eigenvalue weighted by atomic mass is 16.7. The molecule has 0 bridgehead atoms. The van der Waals surface area contributed by atoms with Crippen LogP contribution >= 0.6 is 0 Å². The molecule has 2 aromatic heterocycles. The van der Waals surface area contributed by atoms with Gasteiger partial charge in [-0.3, -0.25) is 4.79 Å². The number of fused-ring (bicyclic) bond motifs is 2. The lowest BCUT2D eigenvalue weighted by Gasteiger charge is -2.31. The Labute approximate surface area is 181 Å². The predicted molar refractivity (Wildman–Crippen MR) is 118 cm³/mol. The molecule has 1 aliphatic carbocycles. The lowest BCUT2D eigenvalue weighted by atomic mass is 9.94. The number of carbonyl (C=O) groups excluding carboxylic acids is 1. The first kappa shape index (κ1) is 19.8. The van der Waals surface area contributed by atoms with Gasteiger partial charge in [0.05, 0.1) is 5.69 Å². The van der Waals surface area contributed by atoms with Gasteiger partial charge in [0.25, 0.3) is 5.79 Å². The Morgan fingerprint density at radius 3 is 2.68 bits per heavy atom. The number of hydrogen-bond acceptors (Lipinski definition) is 5. The van der Waals surface area contributed by atoms with Crippen LogP contribution in [0, 0.1) is 20.8 Å². The van der Waals surface area contributed by atoms with Crippen LogP contribution in [-0.4, -0.2) is 26.3 Å². The van der Waals surface area contributed by atoms with E-state index >= 15 is 0 Å². The maximum absolute atomic E-state index is 12.6. The number of amides is 1. The molecule has 0 atom stereocenters. The SMILES string of the molecule is Cc1cc2nc(C)c(CCC(=O)Nc3ccc4c(c3)OC3(CCCCC3)O4)c(C)n2n1. The largest absolute Gasteiger partial charge is 0.448 e. The Morgan fingerprint density at radius 1 is 1.10 bits per heavy atom. The summed E-state index contributed by atoms with van der Waals surface area (Å²) in [7, 11) is 0. The summed E-state index contributed by atoms with van der Waals surface area (Å²) in [6.07, 6.45) is 6.27. The first-order valence-electron chi connectivity index (χ1n) is 11.1. The first-order chi connectivity index (χ1) is 14.9. The van der Waals surface area contributed by atoms with E-state index in [1.54, 1.807) is 0 Å². The summed E-state index contributed by atoms with van der Waals surface area (Å²) in [5.74, 6) is 0.936. The fourth-order valence-corrected chi connectivity index (χ4v) is 4.73. The van der Waals surface area contributed by atoms with Gasteiger partial charge in [-0.05, 0) is 57.7 Å². The molecule has 1 saturated carbocycles. The van der Waals surface area contributed by atoms with E-state index < -0.39 is 5.79 Å². The van der Waals surface area contributed by atoms with Gasteiger partial charge in [-0.25, -0.2) is 9.50 Å². The standard InChI is InChI=1S/C24H28N4O3/c1-15-13-22-25-16(2)19(17(3)28(22)27-15)8-10-23(29)26-18-7-9-20-21(14-18)31-24(30-20)11-5-4-6-12-24/h7,9,13-14H,4-6,8,10-12H2,1-3H3,(H,26,29). The number of rotatable bonds is 4. The maximum atomic E-state index is 12.6. The van der Waals surface area contributed by atoms with Crippen LogP contribution in [0.1, 0.15) is 61.2 Å². The average Bonchev–Trinajstić information content (AvgIpc) is 3.27. The lowest BCUT2D eigenvalue weighted by molar-refractivity contribution is -0.116. The minimum Gasteiger partial charge on any atom is -0.448 e. The van der Waals surface area contributed by atoms with Crippen LogP contribution in [0.5, 0.6) is 11.5 Å². The zero-order valence-corrected chi connectivity index (χ0v) is 18.3. The highest BCUT2D eigenvalue weighted by molar-refractivity contribution is 5.91. The van der Waals surface area contributed by atoms with Gasteiger partial charge >= 0.3 is 0 Å². The number of benzene rings is 1. The molecule has 3 aromatic rings. The zero-order valence-electron chi connectivity index (χ0n) is 18.3. The topological polar surface area (TPSA) is 77.8 Å². The molecular formula is C24H28N4O3. The highest BCUT2D eigenvalue weighted by Crippen LogP contribution is 2.46. The molecule has 162 valence electrons. The molecule has 7 nitrogen and oxygen atoms in total. The van der Waals surface area contributed by atoms with Gasteiger partial charge in [-0.1, -0.05) is 6.42 Å². The van der Waals surface area contributed by atoms with Crippen molar-refractivity contribution in [3.05, 3.63) is 46.9 Å². The van der Waals surface area contributed by atoms with Crippen molar-refractivity contribution in [2.24, 2.45) is 0 Å². The van der Waals surface area contributed by atoms with Crippen LogP contribution in [0.4, 0.5) is 5.69 Å². The van der Waals surface area contributed by atoms with Crippen LogP contribution in [0.25, 0.3) is 5.65 Å². The summed E-state index contributed by atoms with van der Waals surface area (Å²) in [6.45, 7) is 5.97. The number of aryl methyl sites for hydroxylation is 3. The van der Waals surface area contributed by atoms with Crippen molar-refractivity contribution >= 4 is 17.2 Å². The summed E-state index contributed by atoms with van der Waals surface area (Å²) in [6, 6.07) is 7.60. The smallest absolute Gasteiger partial charge is 0.251 e. The van der Waals surface area contributed by atoms with Gasteiger partial charge in [0, 0.05) is 48.5 Å². The average molecular weight is 421 g/mol. The molecule has 2 aliphatic rings. The van der Waals surface area contributed by atoms with Crippen LogP contribution in [0.2, 0.25) is 0 Å². The summed E-state index contributed by atoms with van der Waals surface area (Å²) >= 11 is 0. The molecule has 1 spiro atoms. The molecular weight excluding hydrogens is 392 g/mol. The summed E-state index contributed by atoms with van der Waals surface area (Å²) < 4.78 is 14.1. The molecule has 7 heteroatoms. The zero-order chi connectivity index (χ0) is 21.6. The van der Waals surface area contributed by atoms with Crippen LogP contribution < -0.4 is 14.8 Å². The van der Waals surface area contributed by atoms with Gasteiger partial charge in [0.15, 0.2) is 17.1 Å². The van der Waals surface area contributed by atoms with Crippen molar-refractivity contribution in [3.8, 4) is 11.5 Å². The first-order valence-corrected chi connectivity index (χ1v) is 11.1. The van der Waals surface area contributed by atoms with Crippen LogP contribution in [0.15, 0.2) is 24.3 Å². The van der Waals surface area contributed by atoms with E-state index in [9.17, 15) is 4.79 Å².